The van der Waals surface area contributed by atoms with Crippen LogP contribution in [0.25, 0.3) is 20.5 Å². The van der Waals surface area contributed by atoms with Gasteiger partial charge in [-0.15, -0.1) is 11.3 Å². The molecule has 0 unspecified atom stereocenters. The molecule has 0 radical (unpaired) electrons. The maximum absolute atomic E-state index is 10.3. The van der Waals surface area contributed by atoms with Crippen LogP contribution in [0.5, 0.6) is 28.7 Å². The summed E-state index contributed by atoms with van der Waals surface area (Å²) in [6, 6.07) is 18.5. The van der Waals surface area contributed by atoms with E-state index in [1.54, 1.807) is 18.2 Å². The minimum absolute atomic E-state index is 0.213. The highest BCUT2D eigenvalue weighted by atomic mass is 32.1. The second-order valence-electron chi connectivity index (χ2n) is 8.71. The van der Waals surface area contributed by atoms with Crippen LogP contribution in [-0.4, -0.2) is 41.4 Å². The van der Waals surface area contributed by atoms with Crippen LogP contribution in [0.3, 0.4) is 0 Å². The van der Waals surface area contributed by atoms with Crippen molar-refractivity contribution in [3.8, 4) is 39.2 Å². The van der Waals surface area contributed by atoms with Gasteiger partial charge >= 0.3 is 0 Å². The Hall–Kier alpha value is -3.22. The van der Waals surface area contributed by atoms with E-state index < -0.39 is 0 Å². The molecular weight excluding hydrogens is 446 g/mol. The van der Waals surface area contributed by atoms with E-state index in [4.69, 9.17) is 9.47 Å². The third kappa shape index (κ3) is 4.83. The molecule has 2 N–H and O–H groups in total. The Kier molecular flexibility index (Phi) is 6.61. The fourth-order valence-corrected chi connectivity index (χ4v) is 5.65. The molecule has 176 valence electrons. The van der Waals surface area contributed by atoms with Crippen molar-refractivity contribution >= 4 is 21.4 Å². The zero-order valence-corrected chi connectivity index (χ0v) is 20.1. The van der Waals surface area contributed by atoms with E-state index in [1.165, 1.54) is 43.7 Å². The molecule has 34 heavy (non-hydrogen) atoms. The normalized spacial score (nSPS) is 14.4. The van der Waals surface area contributed by atoms with Gasteiger partial charge in [-0.05, 0) is 86.9 Å². The number of fused-ring (bicyclic) bond motifs is 1. The molecule has 1 aliphatic rings. The van der Waals surface area contributed by atoms with Gasteiger partial charge < -0.3 is 19.7 Å². The minimum Gasteiger partial charge on any atom is -0.508 e. The number of piperidine rings is 1. The topological polar surface area (TPSA) is 62.2 Å². The van der Waals surface area contributed by atoms with Gasteiger partial charge in [-0.3, -0.25) is 4.90 Å². The van der Waals surface area contributed by atoms with Crippen LogP contribution < -0.4 is 9.47 Å². The van der Waals surface area contributed by atoms with Crippen LogP contribution in [-0.2, 0) is 0 Å². The summed E-state index contributed by atoms with van der Waals surface area (Å²) in [5.41, 5.74) is 1.70. The monoisotopic (exact) mass is 475 g/mol. The lowest BCUT2D eigenvalue weighted by Gasteiger charge is -2.26. The number of thiophene rings is 1. The first-order valence-corrected chi connectivity index (χ1v) is 12.6. The lowest BCUT2D eigenvalue weighted by atomic mass is 10.0. The van der Waals surface area contributed by atoms with Crippen LogP contribution >= 0.6 is 11.3 Å². The molecule has 4 aromatic rings. The fourth-order valence-electron chi connectivity index (χ4n) is 4.41. The second kappa shape index (κ2) is 9.95. The lowest BCUT2D eigenvalue weighted by Crippen LogP contribution is -2.33. The van der Waals surface area contributed by atoms with E-state index in [9.17, 15) is 10.2 Å². The van der Waals surface area contributed by atoms with Crippen molar-refractivity contribution in [1.82, 2.24) is 4.90 Å². The van der Waals surface area contributed by atoms with Gasteiger partial charge in [-0.2, -0.15) is 0 Å². The van der Waals surface area contributed by atoms with E-state index in [0.717, 1.165) is 38.4 Å². The van der Waals surface area contributed by atoms with Gasteiger partial charge in [-0.1, -0.05) is 18.6 Å². The first kappa shape index (κ1) is 22.6. The Labute approximate surface area is 203 Å². The zero-order chi connectivity index (χ0) is 23.5. The van der Waals surface area contributed by atoms with Crippen LogP contribution in [0, 0.1) is 6.92 Å². The van der Waals surface area contributed by atoms with Crippen molar-refractivity contribution in [1.29, 1.82) is 0 Å². The number of rotatable bonds is 7. The van der Waals surface area contributed by atoms with Crippen molar-refractivity contribution in [2.45, 2.75) is 26.2 Å². The molecule has 0 amide bonds. The predicted octanol–water partition coefficient (Wildman–Crippen LogP) is 6.94. The Morgan fingerprint density at radius 3 is 2.47 bits per heavy atom. The van der Waals surface area contributed by atoms with Gasteiger partial charge in [0.25, 0.3) is 0 Å². The van der Waals surface area contributed by atoms with Gasteiger partial charge in [0.05, 0.1) is 4.88 Å². The Morgan fingerprint density at radius 2 is 1.68 bits per heavy atom. The zero-order valence-electron chi connectivity index (χ0n) is 19.3. The number of benzene rings is 3. The van der Waals surface area contributed by atoms with Crippen LogP contribution in [0.1, 0.15) is 24.8 Å². The predicted molar refractivity (Wildman–Crippen MR) is 138 cm³/mol. The molecule has 2 heterocycles. The number of ether oxygens (including phenoxy) is 2. The van der Waals surface area contributed by atoms with Crippen LogP contribution in [0.2, 0.25) is 0 Å². The number of phenolic OH excluding ortho intramolecular Hbond substituents is 2. The van der Waals surface area contributed by atoms with Gasteiger partial charge in [0.2, 0.25) is 0 Å². The van der Waals surface area contributed by atoms with Crippen molar-refractivity contribution in [2.24, 2.45) is 0 Å². The minimum atomic E-state index is 0.213. The molecular formula is C28H29NO4S. The smallest absolute Gasteiger partial charge is 0.153 e. The number of hydrogen-bond donors (Lipinski definition) is 2. The van der Waals surface area contributed by atoms with Crippen molar-refractivity contribution in [2.75, 3.05) is 26.2 Å². The summed E-state index contributed by atoms with van der Waals surface area (Å²) in [6.45, 7) is 5.87. The first-order valence-electron chi connectivity index (χ1n) is 11.8. The maximum Gasteiger partial charge on any atom is 0.153 e. The first-order chi connectivity index (χ1) is 16.6. The molecule has 3 aromatic carbocycles. The average molecular weight is 476 g/mol. The van der Waals surface area contributed by atoms with E-state index in [0.29, 0.717) is 18.1 Å². The summed E-state index contributed by atoms with van der Waals surface area (Å²) in [5, 5.41) is 21.2. The fraction of sp³-hybridized carbons (Fsp3) is 0.286. The Balaban J connectivity index is 1.37. The van der Waals surface area contributed by atoms with Gasteiger partial charge in [-0.25, -0.2) is 0 Å². The molecule has 0 spiro atoms. The summed E-state index contributed by atoms with van der Waals surface area (Å²) >= 11 is 1.54. The van der Waals surface area contributed by atoms with Crippen molar-refractivity contribution in [3.05, 3.63) is 66.2 Å². The van der Waals surface area contributed by atoms with Crippen molar-refractivity contribution < 1.29 is 19.7 Å². The highest BCUT2D eigenvalue weighted by Gasteiger charge is 2.19. The second-order valence-corrected chi connectivity index (χ2v) is 9.77. The molecule has 0 atom stereocenters. The molecule has 5 rings (SSSR count). The summed E-state index contributed by atoms with van der Waals surface area (Å²) in [4.78, 5) is 3.38. The molecule has 1 aromatic heterocycles. The van der Waals surface area contributed by atoms with Crippen LogP contribution in [0.4, 0.5) is 0 Å². The van der Waals surface area contributed by atoms with Crippen LogP contribution in [0.15, 0.2) is 60.7 Å². The molecule has 1 aliphatic heterocycles. The molecule has 1 fully saturated rings. The quantitative estimate of drug-likeness (QED) is 0.303. The van der Waals surface area contributed by atoms with E-state index in [-0.39, 0.29) is 11.5 Å². The standard InChI is InChI=1S/C28H29NO4S/c1-19-23(6-5-7-25(19)31)28-27(24-13-8-20(30)18-26(24)34-28)33-22-11-9-21(10-12-22)32-17-16-29-14-3-2-4-15-29/h5-13,18,30-31H,2-4,14-17H2,1H3. The highest BCUT2D eigenvalue weighted by molar-refractivity contribution is 7.22. The van der Waals surface area contributed by atoms with Crippen molar-refractivity contribution in [3.63, 3.8) is 0 Å². The number of hydrogen-bond acceptors (Lipinski definition) is 6. The van der Waals surface area contributed by atoms with E-state index >= 15 is 0 Å². The van der Waals surface area contributed by atoms with Gasteiger partial charge in [0, 0.05) is 22.2 Å². The number of likely N-dealkylation sites (tertiary alicyclic amines) is 1. The summed E-state index contributed by atoms with van der Waals surface area (Å²) < 4.78 is 13.3. The lowest BCUT2D eigenvalue weighted by molar-refractivity contribution is 0.183. The molecule has 0 saturated carbocycles. The van der Waals surface area contributed by atoms with Gasteiger partial charge in [0.1, 0.15) is 29.6 Å². The largest absolute Gasteiger partial charge is 0.508 e. The van der Waals surface area contributed by atoms with E-state index in [1.807, 2.05) is 49.4 Å². The highest BCUT2D eigenvalue weighted by Crippen LogP contribution is 2.48. The molecule has 0 bridgehead atoms. The third-order valence-corrected chi connectivity index (χ3v) is 7.51. The molecule has 6 heteroatoms. The summed E-state index contributed by atoms with van der Waals surface area (Å²) in [5.74, 6) is 2.71. The maximum atomic E-state index is 10.3. The molecule has 5 nitrogen and oxygen atoms in total. The number of aromatic hydroxyl groups is 2. The van der Waals surface area contributed by atoms with Gasteiger partial charge in [0.15, 0.2) is 5.75 Å². The molecule has 0 aliphatic carbocycles. The molecule has 1 saturated heterocycles. The SMILES string of the molecule is Cc1c(O)cccc1-c1sc2cc(O)ccc2c1Oc1ccc(OCCN2CCCCC2)cc1. The average Bonchev–Trinajstić information content (AvgIpc) is 3.19. The number of nitrogens with zero attached hydrogens (tertiary/aromatic N) is 1. The summed E-state index contributed by atoms with van der Waals surface area (Å²) in [6.07, 6.45) is 3.91. The number of phenols is 2. The Morgan fingerprint density at radius 1 is 0.912 bits per heavy atom. The summed E-state index contributed by atoms with van der Waals surface area (Å²) in [7, 11) is 0. The Bertz CT molecular complexity index is 1280. The third-order valence-electron chi connectivity index (χ3n) is 6.35. The van der Waals surface area contributed by atoms with E-state index in [2.05, 4.69) is 4.90 Å².